The molecule has 1 aliphatic heterocycles. The number of nitrogens with one attached hydrogen (secondary N) is 1. The van der Waals surface area contributed by atoms with Crippen LogP contribution in [-0.4, -0.2) is 69.5 Å². The minimum absolute atomic E-state index is 0.0190. The molecule has 5 rings (SSSR count). The molecule has 0 saturated heterocycles. The molecule has 44 heavy (non-hydrogen) atoms. The lowest BCUT2D eigenvalue weighted by Crippen LogP contribution is -2.41. The molecule has 0 aromatic heterocycles. The van der Waals surface area contributed by atoms with Crippen LogP contribution in [-0.2, 0) is 30.5 Å². The van der Waals surface area contributed by atoms with Crippen molar-refractivity contribution in [1.82, 2.24) is 9.62 Å². The average Bonchev–Trinajstić information content (AvgIpc) is 3.64. The van der Waals surface area contributed by atoms with Gasteiger partial charge in [0.2, 0.25) is 16.3 Å². The highest BCUT2D eigenvalue weighted by atomic mass is 32.2. The third-order valence-corrected chi connectivity index (χ3v) is 10.6. The summed E-state index contributed by atoms with van der Waals surface area (Å²) in [7, 11) is -2.50. The number of carbonyl (C=O) groups is 1. The predicted molar refractivity (Wildman–Crippen MR) is 154 cm³/mol. The summed E-state index contributed by atoms with van der Waals surface area (Å²) < 4.78 is 84.0. The number of fused-ring (bicyclic) bond motifs is 2. The van der Waals surface area contributed by atoms with Crippen LogP contribution in [0.3, 0.4) is 0 Å². The van der Waals surface area contributed by atoms with Crippen molar-refractivity contribution in [2.24, 2.45) is 11.8 Å². The predicted octanol–water partition coefficient (Wildman–Crippen LogP) is 4.43. The molecule has 1 amide bonds. The quantitative estimate of drug-likeness (QED) is 0.354. The van der Waals surface area contributed by atoms with Crippen LogP contribution in [0.5, 0.6) is 5.75 Å². The van der Waals surface area contributed by atoms with Crippen molar-refractivity contribution in [2.75, 3.05) is 33.4 Å². The standard InChI is InChI=1S/C31H37F3N2O7S/c1-41-25-8-10-26(11-9-25)44(39,40)36(12-14-37)13-15-42-29-19-23(21-4-6-24(7-5-21)31(32,33)34)18-28(43-29)30(38)35-27-17-20-2-3-22(27)16-20/h4-11,18,20,22-23,27,29,37H,2-3,12-17,19H2,1H3,(H,35,38)/t20?,22?,23-,27?,29+/m1/s1. The van der Waals surface area contributed by atoms with E-state index in [9.17, 15) is 31.5 Å². The summed E-state index contributed by atoms with van der Waals surface area (Å²) in [4.78, 5) is 13.3. The SMILES string of the molecule is COc1ccc(S(=O)(=O)N(CCO)CCO[C@@H]2C[C@H](c3ccc(C(F)(F)F)cc3)C=C(C(=O)NC3CC4CCC3C4)O2)cc1. The van der Waals surface area contributed by atoms with Crippen molar-refractivity contribution in [3.63, 3.8) is 0 Å². The molecule has 2 bridgehead atoms. The third-order valence-electron chi connectivity index (χ3n) is 8.69. The fourth-order valence-electron chi connectivity index (χ4n) is 6.38. The van der Waals surface area contributed by atoms with Gasteiger partial charge < -0.3 is 24.6 Å². The number of sulfonamides is 1. The largest absolute Gasteiger partial charge is 0.497 e. The molecule has 1 heterocycles. The molecule has 2 saturated carbocycles. The number of amides is 1. The van der Waals surface area contributed by atoms with Crippen molar-refractivity contribution in [2.45, 2.75) is 61.4 Å². The molecule has 2 aromatic carbocycles. The Hall–Kier alpha value is -3.13. The number of carbonyl (C=O) groups excluding carboxylic acids is 1. The number of halogens is 3. The summed E-state index contributed by atoms with van der Waals surface area (Å²) in [5.41, 5.74) is -0.217. The lowest BCUT2D eigenvalue weighted by Gasteiger charge is -2.31. The smallest absolute Gasteiger partial charge is 0.416 e. The number of methoxy groups -OCH3 is 1. The Labute approximate surface area is 255 Å². The summed E-state index contributed by atoms with van der Waals surface area (Å²) in [6.07, 6.45) is 0.604. The molecular weight excluding hydrogens is 601 g/mol. The zero-order chi connectivity index (χ0) is 31.5. The van der Waals surface area contributed by atoms with Gasteiger partial charge in [-0.25, -0.2) is 8.42 Å². The van der Waals surface area contributed by atoms with Gasteiger partial charge in [-0.3, -0.25) is 4.79 Å². The Morgan fingerprint density at radius 3 is 2.36 bits per heavy atom. The van der Waals surface area contributed by atoms with Gasteiger partial charge in [0.25, 0.3) is 5.91 Å². The zero-order valence-electron chi connectivity index (χ0n) is 24.3. The summed E-state index contributed by atoms with van der Waals surface area (Å²) in [5, 5.41) is 12.6. The van der Waals surface area contributed by atoms with E-state index in [0.717, 1.165) is 35.7 Å². The number of nitrogens with zero attached hydrogens (tertiary/aromatic N) is 1. The summed E-state index contributed by atoms with van der Waals surface area (Å²) in [6.45, 7) is -0.826. The van der Waals surface area contributed by atoms with Gasteiger partial charge in [0.15, 0.2) is 5.76 Å². The fourth-order valence-corrected chi connectivity index (χ4v) is 7.79. The van der Waals surface area contributed by atoms with E-state index in [0.29, 0.717) is 23.1 Å². The Morgan fingerprint density at radius 2 is 1.77 bits per heavy atom. The molecular formula is C31H37F3N2O7S. The number of aliphatic hydroxyl groups excluding tert-OH is 1. The molecule has 3 aliphatic rings. The third kappa shape index (κ3) is 7.39. The van der Waals surface area contributed by atoms with Gasteiger partial charge in [-0.15, -0.1) is 0 Å². The Kier molecular flexibility index (Phi) is 9.88. The second kappa shape index (κ2) is 13.5. The van der Waals surface area contributed by atoms with Crippen molar-refractivity contribution in [1.29, 1.82) is 0 Å². The van der Waals surface area contributed by atoms with Gasteiger partial charge in [-0.2, -0.15) is 17.5 Å². The monoisotopic (exact) mass is 638 g/mol. The molecule has 2 N–H and O–H groups in total. The molecule has 13 heteroatoms. The van der Waals surface area contributed by atoms with Gasteiger partial charge in [0.1, 0.15) is 5.75 Å². The number of benzene rings is 2. The van der Waals surface area contributed by atoms with Crippen molar-refractivity contribution in [3.8, 4) is 5.75 Å². The second-order valence-electron chi connectivity index (χ2n) is 11.5. The lowest BCUT2D eigenvalue weighted by molar-refractivity contribution is -0.147. The number of hydrogen-bond acceptors (Lipinski definition) is 7. The van der Waals surface area contributed by atoms with Crippen LogP contribution in [0.4, 0.5) is 13.2 Å². The first-order valence-electron chi connectivity index (χ1n) is 14.7. The van der Waals surface area contributed by atoms with Gasteiger partial charge >= 0.3 is 6.18 Å². The van der Waals surface area contributed by atoms with E-state index in [-0.39, 0.29) is 42.8 Å². The molecule has 2 aromatic rings. The molecule has 9 nitrogen and oxygen atoms in total. The van der Waals surface area contributed by atoms with E-state index in [2.05, 4.69) is 5.32 Å². The minimum atomic E-state index is -4.48. The maximum absolute atomic E-state index is 13.3. The summed E-state index contributed by atoms with van der Waals surface area (Å²) in [6, 6.07) is 10.7. The first-order valence-corrected chi connectivity index (χ1v) is 16.1. The van der Waals surface area contributed by atoms with Gasteiger partial charge in [-0.1, -0.05) is 18.6 Å². The molecule has 240 valence electrons. The number of alkyl halides is 3. The molecule has 2 aliphatic carbocycles. The first-order chi connectivity index (χ1) is 21.0. The fraction of sp³-hybridized carbons (Fsp3) is 0.516. The van der Waals surface area contributed by atoms with Crippen LogP contribution in [0, 0.1) is 11.8 Å². The molecule has 3 unspecified atom stereocenters. The van der Waals surface area contributed by atoms with Gasteiger partial charge in [0, 0.05) is 31.5 Å². The Morgan fingerprint density at radius 1 is 1.05 bits per heavy atom. The number of hydrogen-bond donors (Lipinski definition) is 2. The minimum Gasteiger partial charge on any atom is -0.497 e. The highest BCUT2D eigenvalue weighted by Crippen LogP contribution is 2.44. The van der Waals surface area contributed by atoms with E-state index in [1.54, 1.807) is 6.08 Å². The van der Waals surface area contributed by atoms with E-state index in [1.165, 1.54) is 49.9 Å². The number of aliphatic hydroxyl groups is 1. The normalized spacial score (nSPS) is 25.0. The maximum Gasteiger partial charge on any atom is 0.416 e. The van der Waals surface area contributed by atoms with Crippen LogP contribution >= 0.6 is 0 Å². The average molecular weight is 639 g/mol. The molecule has 2 fully saturated rings. The summed E-state index contributed by atoms with van der Waals surface area (Å²) >= 11 is 0. The van der Waals surface area contributed by atoms with Crippen molar-refractivity contribution >= 4 is 15.9 Å². The van der Waals surface area contributed by atoms with Gasteiger partial charge in [-0.05, 0) is 79.1 Å². The number of ether oxygens (including phenoxy) is 3. The Balaban J connectivity index is 1.29. The topological polar surface area (TPSA) is 114 Å². The molecule has 0 spiro atoms. The van der Waals surface area contributed by atoms with Crippen LogP contribution in [0.1, 0.15) is 49.1 Å². The highest BCUT2D eigenvalue weighted by Gasteiger charge is 2.41. The van der Waals surface area contributed by atoms with E-state index >= 15 is 0 Å². The lowest BCUT2D eigenvalue weighted by atomic mass is 9.91. The number of rotatable bonds is 12. The summed E-state index contributed by atoms with van der Waals surface area (Å²) in [5.74, 6) is 0.665. The Bertz CT molecular complexity index is 1430. The molecule has 5 atom stereocenters. The van der Waals surface area contributed by atoms with E-state index in [1.807, 2.05) is 0 Å². The van der Waals surface area contributed by atoms with Crippen LogP contribution < -0.4 is 10.1 Å². The van der Waals surface area contributed by atoms with Crippen LogP contribution in [0.2, 0.25) is 0 Å². The molecule has 0 radical (unpaired) electrons. The van der Waals surface area contributed by atoms with E-state index in [4.69, 9.17) is 14.2 Å². The van der Waals surface area contributed by atoms with Crippen molar-refractivity contribution < 1.29 is 45.7 Å². The second-order valence-corrected chi connectivity index (χ2v) is 13.4. The van der Waals surface area contributed by atoms with Crippen LogP contribution in [0.15, 0.2) is 65.3 Å². The maximum atomic E-state index is 13.3. The van der Waals surface area contributed by atoms with E-state index < -0.39 is 46.5 Å². The van der Waals surface area contributed by atoms with Gasteiger partial charge in [0.05, 0.1) is 30.8 Å². The first kappa shape index (κ1) is 32.3. The highest BCUT2D eigenvalue weighted by molar-refractivity contribution is 7.89. The number of allylic oxidation sites excluding steroid dienone is 1. The van der Waals surface area contributed by atoms with Crippen LogP contribution in [0.25, 0.3) is 0 Å². The van der Waals surface area contributed by atoms with Crippen molar-refractivity contribution in [3.05, 3.63) is 71.5 Å². The zero-order valence-corrected chi connectivity index (χ0v) is 25.1.